The van der Waals surface area contributed by atoms with Crippen LogP contribution < -0.4 is 4.72 Å². The highest BCUT2D eigenvalue weighted by atomic mass is 35.5. The lowest BCUT2D eigenvalue weighted by molar-refractivity contribution is -0.158. The Labute approximate surface area is 161 Å². The molecule has 3 atom stereocenters. The lowest BCUT2D eigenvalue weighted by Crippen LogP contribution is -2.54. The van der Waals surface area contributed by atoms with Gasteiger partial charge in [-0.2, -0.15) is 0 Å². The second-order valence-corrected chi connectivity index (χ2v) is 9.25. The number of nitrogens with zero attached hydrogens (tertiary/aromatic N) is 1. The number of hydrogen-bond acceptors (Lipinski definition) is 4. The number of ether oxygens (including phenoxy) is 1. The Morgan fingerprint density at radius 1 is 1.44 bits per heavy atom. The van der Waals surface area contributed by atoms with E-state index in [0.717, 1.165) is 4.90 Å². The lowest BCUT2D eigenvalue weighted by atomic mass is 9.99. The van der Waals surface area contributed by atoms with Crippen LogP contribution in [0.15, 0.2) is 24.3 Å². The summed E-state index contributed by atoms with van der Waals surface area (Å²) in [6.07, 6.45) is -0.231. The smallest absolute Gasteiger partial charge is 0.283 e. The van der Waals surface area contributed by atoms with E-state index in [0.29, 0.717) is 23.6 Å². The maximum absolute atomic E-state index is 14.7. The topological polar surface area (TPSA) is 75.7 Å². The molecule has 3 rings (SSSR count). The molecule has 0 saturated carbocycles. The van der Waals surface area contributed by atoms with Gasteiger partial charge in [-0.3, -0.25) is 4.79 Å². The fraction of sp³-hybridized carbons (Fsp3) is 0.588. The van der Waals surface area contributed by atoms with Gasteiger partial charge in [0.1, 0.15) is 12.1 Å². The molecule has 6 nitrogen and oxygen atoms in total. The van der Waals surface area contributed by atoms with Gasteiger partial charge in [-0.05, 0) is 31.0 Å². The summed E-state index contributed by atoms with van der Waals surface area (Å²) in [7, 11) is -3.89. The van der Waals surface area contributed by atoms with Gasteiger partial charge in [-0.1, -0.05) is 23.7 Å². The molecule has 2 saturated heterocycles. The van der Waals surface area contributed by atoms with Gasteiger partial charge in [0.25, 0.3) is 11.8 Å². The van der Waals surface area contributed by atoms with Crippen LogP contribution in [-0.4, -0.2) is 62.2 Å². The standard InChI is InChI=1S/C17H21ClF2N2O4S/c1-2-27(24,25)21-15-13(9-11-4-3-5-12(18)8-11)22(10-17(15,19)20)16(23)14-6-7-26-14/h3-5,8,13-15,21H,2,6-7,9-10H2,1H3/t13-,14?,15+/m0/s1. The first-order valence-corrected chi connectivity index (χ1v) is 10.7. The molecule has 0 aliphatic carbocycles. The number of sulfonamides is 1. The van der Waals surface area contributed by atoms with Crippen LogP contribution in [0.2, 0.25) is 5.02 Å². The van der Waals surface area contributed by atoms with Crippen LogP contribution in [0.25, 0.3) is 0 Å². The van der Waals surface area contributed by atoms with Crippen molar-refractivity contribution < 1.29 is 26.7 Å². The summed E-state index contributed by atoms with van der Waals surface area (Å²) in [6.45, 7) is 0.922. The summed E-state index contributed by atoms with van der Waals surface area (Å²) < 4.78 is 60.6. The van der Waals surface area contributed by atoms with Gasteiger partial charge in [0.2, 0.25) is 10.0 Å². The zero-order valence-corrected chi connectivity index (χ0v) is 16.3. The Hall–Kier alpha value is -1.29. The molecule has 1 amide bonds. The van der Waals surface area contributed by atoms with Crippen molar-refractivity contribution in [1.82, 2.24) is 9.62 Å². The minimum atomic E-state index is -3.89. The summed E-state index contributed by atoms with van der Waals surface area (Å²) >= 11 is 5.97. The van der Waals surface area contributed by atoms with Crippen LogP contribution in [0.5, 0.6) is 0 Å². The summed E-state index contributed by atoms with van der Waals surface area (Å²) in [5, 5.41) is 0.433. The molecule has 2 fully saturated rings. The number of nitrogens with one attached hydrogen (secondary N) is 1. The lowest BCUT2D eigenvalue weighted by Gasteiger charge is -2.33. The van der Waals surface area contributed by atoms with Crippen molar-refractivity contribution in [3.63, 3.8) is 0 Å². The zero-order chi connectivity index (χ0) is 19.8. The van der Waals surface area contributed by atoms with E-state index in [1.807, 2.05) is 0 Å². The van der Waals surface area contributed by atoms with E-state index < -0.39 is 46.6 Å². The van der Waals surface area contributed by atoms with Crippen molar-refractivity contribution in [2.75, 3.05) is 18.9 Å². The van der Waals surface area contributed by atoms with Crippen LogP contribution in [0, 0.1) is 0 Å². The second-order valence-electron chi connectivity index (χ2n) is 6.78. The number of likely N-dealkylation sites (tertiary alicyclic amines) is 1. The van der Waals surface area contributed by atoms with Gasteiger partial charge in [-0.25, -0.2) is 21.9 Å². The minimum absolute atomic E-state index is 0.0471. The third-order valence-electron chi connectivity index (χ3n) is 4.90. The molecule has 2 aliphatic rings. The Morgan fingerprint density at radius 3 is 2.70 bits per heavy atom. The van der Waals surface area contributed by atoms with Crippen LogP contribution in [-0.2, 0) is 26.0 Å². The second kappa shape index (κ2) is 7.62. The molecule has 1 aromatic carbocycles. The summed E-state index contributed by atoms with van der Waals surface area (Å²) in [5.74, 6) is -4.26. The predicted molar refractivity (Wildman–Crippen MR) is 96.3 cm³/mol. The maximum atomic E-state index is 14.7. The Bertz CT molecular complexity index is 817. The number of carbonyl (C=O) groups excluding carboxylic acids is 1. The van der Waals surface area contributed by atoms with E-state index in [4.69, 9.17) is 16.3 Å². The predicted octanol–water partition coefficient (Wildman–Crippen LogP) is 1.83. The highest BCUT2D eigenvalue weighted by Gasteiger charge is 2.57. The Morgan fingerprint density at radius 2 is 2.15 bits per heavy atom. The number of rotatable bonds is 6. The molecule has 2 heterocycles. The molecule has 10 heteroatoms. The largest absolute Gasteiger partial charge is 0.368 e. The maximum Gasteiger partial charge on any atom is 0.283 e. The number of alkyl halides is 2. The van der Waals surface area contributed by atoms with E-state index >= 15 is 0 Å². The van der Waals surface area contributed by atoms with E-state index in [2.05, 4.69) is 4.72 Å². The number of amides is 1. The fourth-order valence-electron chi connectivity index (χ4n) is 3.34. The summed E-state index contributed by atoms with van der Waals surface area (Å²) in [6, 6.07) is 3.89. The quantitative estimate of drug-likeness (QED) is 0.758. The molecule has 1 unspecified atom stereocenters. The van der Waals surface area contributed by atoms with Crippen molar-refractivity contribution in [3.05, 3.63) is 34.9 Å². The average Bonchev–Trinajstić information content (AvgIpc) is 2.77. The van der Waals surface area contributed by atoms with Gasteiger partial charge in [0.15, 0.2) is 0 Å². The Balaban J connectivity index is 1.93. The van der Waals surface area contributed by atoms with Gasteiger partial charge >= 0.3 is 0 Å². The van der Waals surface area contributed by atoms with E-state index in [9.17, 15) is 22.0 Å². The zero-order valence-electron chi connectivity index (χ0n) is 14.7. The molecule has 0 radical (unpaired) electrons. The summed E-state index contributed by atoms with van der Waals surface area (Å²) in [4.78, 5) is 13.7. The third-order valence-corrected chi connectivity index (χ3v) is 6.51. The van der Waals surface area contributed by atoms with Crippen molar-refractivity contribution in [2.45, 2.75) is 43.9 Å². The van der Waals surface area contributed by atoms with Crippen LogP contribution >= 0.6 is 11.6 Å². The molecular weight excluding hydrogens is 402 g/mol. The molecule has 2 aliphatic heterocycles. The molecule has 1 aromatic rings. The first kappa shape index (κ1) is 20.4. The Kier molecular flexibility index (Phi) is 5.77. The molecule has 0 spiro atoms. The van der Waals surface area contributed by atoms with E-state index in [1.54, 1.807) is 24.3 Å². The third kappa shape index (κ3) is 4.42. The van der Waals surface area contributed by atoms with E-state index in [-0.39, 0.29) is 12.2 Å². The first-order chi connectivity index (χ1) is 12.6. The summed E-state index contributed by atoms with van der Waals surface area (Å²) in [5.41, 5.74) is 0.637. The SMILES string of the molecule is CCS(=O)(=O)N[C@@H]1[C@H](Cc2cccc(Cl)c2)N(C(=O)C2CCO2)CC1(F)F. The molecule has 1 N–H and O–H groups in total. The van der Waals surface area contributed by atoms with Crippen molar-refractivity contribution >= 4 is 27.5 Å². The first-order valence-electron chi connectivity index (χ1n) is 8.67. The highest BCUT2D eigenvalue weighted by molar-refractivity contribution is 7.89. The van der Waals surface area contributed by atoms with Gasteiger partial charge in [0, 0.05) is 11.4 Å². The minimum Gasteiger partial charge on any atom is -0.368 e. The van der Waals surface area contributed by atoms with Crippen molar-refractivity contribution in [1.29, 1.82) is 0 Å². The van der Waals surface area contributed by atoms with Gasteiger partial charge in [-0.15, -0.1) is 0 Å². The molecule has 0 bridgehead atoms. The average molecular weight is 423 g/mol. The molecular formula is C17H21ClF2N2O4S. The molecule has 27 heavy (non-hydrogen) atoms. The van der Waals surface area contributed by atoms with Crippen LogP contribution in [0.3, 0.4) is 0 Å². The number of benzene rings is 1. The van der Waals surface area contributed by atoms with Crippen LogP contribution in [0.1, 0.15) is 18.9 Å². The number of carbonyl (C=O) groups is 1. The highest BCUT2D eigenvalue weighted by Crippen LogP contribution is 2.36. The van der Waals surface area contributed by atoms with Gasteiger partial charge in [0.05, 0.1) is 24.9 Å². The van der Waals surface area contributed by atoms with Crippen molar-refractivity contribution in [2.24, 2.45) is 0 Å². The van der Waals surface area contributed by atoms with Gasteiger partial charge < -0.3 is 9.64 Å². The fourth-order valence-corrected chi connectivity index (χ4v) is 4.43. The van der Waals surface area contributed by atoms with Crippen molar-refractivity contribution in [3.8, 4) is 0 Å². The monoisotopic (exact) mass is 422 g/mol. The molecule has 150 valence electrons. The number of halogens is 3. The van der Waals surface area contributed by atoms with Crippen LogP contribution in [0.4, 0.5) is 8.78 Å². The normalized spacial score (nSPS) is 27.4. The van der Waals surface area contributed by atoms with E-state index in [1.165, 1.54) is 6.92 Å². The number of hydrogen-bond donors (Lipinski definition) is 1. The molecule has 0 aromatic heterocycles.